The van der Waals surface area contributed by atoms with E-state index in [1.54, 1.807) is 5.57 Å². The third-order valence-corrected chi connectivity index (χ3v) is 4.09. The van der Waals surface area contributed by atoms with Gasteiger partial charge in [0.2, 0.25) is 0 Å². The number of benzene rings is 1. The van der Waals surface area contributed by atoms with Crippen molar-refractivity contribution in [3.05, 3.63) is 76.4 Å². The average molecular weight is 218 g/mol. The summed E-state index contributed by atoms with van der Waals surface area (Å²) >= 11 is 0. The lowest BCUT2D eigenvalue weighted by Gasteiger charge is -2.13. The zero-order chi connectivity index (χ0) is 11.2. The van der Waals surface area contributed by atoms with Gasteiger partial charge in [-0.3, -0.25) is 0 Å². The summed E-state index contributed by atoms with van der Waals surface area (Å²) in [5.41, 5.74) is 7.54. The third kappa shape index (κ3) is 1.24. The Hall–Kier alpha value is -1.82. The molecule has 4 rings (SSSR count). The van der Waals surface area contributed by atoms with Crippen molar-refractivity contribution in [2.24, 2.45) is 0 Å². The number of hydrogen-bond donors (Lipinski definition) is 0. The van der Waals surface area contributed by atoms with Crippen LogP contribution in [0.1, 0.15) is 29.9 Å². The standard InChI is InChI=1S/C17H14/c1-2-6-14-12(4-1)8-10-16(14)17-11-9-13-5-3-7-15(13)17/h1-8,10,16H,9,11H2. The van der Waals surface area contributed by atoms with Crippen LogP contribution in [0, 0.1) is 0 Å². The predicted molar refractivity (Wildman–Crippen MR) is 71.7 cm³/mol. The van der Waals surface area contributed by atoms with Gasteiger partial charge in [0.15, 0.2) is 0 Å². The Morgan fingerprint density at radius 3 is 2.94 bits per heavy atom. The molecule has 0 saturated carbocycles. The van der Waals surface area contributed by atoms with Gasteiger partial charge in [-0.2, -0.15) is 0 Å². The molecule has 1 aromatic carbocycles. The molecule has 0 aromatic heterocycles. The van der Waals surface area contributed by atoms with E-state index in [-0.39, 0.29) is 0 Å². The van der Waals surface area contributed by atoms with Crippen molar-refractivity contribution in [3.8, 4) is 0 Å². The molecule has 0 aliphatic heterocycles. The average Bonchev–Trinajstić information content (AvgIpc) is 3.02. The van der Waals surface area contributed by atoms with Gasteiger partial charge in [-0.1, -0.05) is 60.2 Å². The van der Waals surface area contributed by atoms with Crippen LogP contribution in [0.25, 0.3) is 6.08 Å². The molecule has 0 radical (unpaired) electrons. The summed E-state index contributed by atoms with van der Waals surface area (Å²) in [5.74, 6) is 0.523. The zero-order valence-corrected chi connectivity index (χ0v) is 9.69. The summed E-state index contributed by atoms with van der Waals surface area (Å²) in [6.07, 6.45) is 13.8. The highest BCUT2D eigenvalue weighted by atomic mass is 14.3. The molecule has 0 saturated heterocycles. The fourth-order valence-corrected chi connectivity index (χ4v) is 3.27. The molecule has 17 heavy (non-hydrogen) atoms. The minimum Gasteiger partial charge on any atom is -0.0723 e. The number of allylic oxidation sites excluding steroid dienone is 7. The normalized spacial score (nSPS) is 24.2. The molecule has 1 unspecified atom stereocenters. The fraction of sp³-hybridized carbons (Fsp3) is 0.176. The van der Waals surface area contributed by atoms with E-state index in [0.29, 0.717) is 5.92 Å². The van der Waals surface area contributed by atoms with Crippen LogP contribution < -0.4 is 0 Å². The number of fused-ring (bicyclic) bond motifs is 2. The summed E-state index contributed by atoms with van der Waals surface area (Å²) < 4.78 is 0. The van der Waals surface area contributed by atoms with Crippen molar-refractivity contribution in [2.75, 3.05) is 0 Å². The molecule has 0 spiro atoms. The van der Waals surface area contributed by atoms with E-state index in [9.17, 15) is 0 Å². The van der Waals surface area contributed by atoms with Gasteiger partial charge in [-0.05, 0) is 35.1 Å². The van der Waals surface area contributed by atoms with E-state index < -0.39 is 0 Å². The smallest absolute Gasteiger partial charge is 0.0246 e. The topological polar surface area (TPSA) is 0 Å². The quantitative estimate of drug-likeness (QED) is 0.656. The molecule has 0 N–H and O–H groups in total. The van der Waals surface area contributed by atoms with E-state index in [2.05, 4.69) is 54.6 Å². The molecule has 1 aromatic rings. The summed E-state index contributed by atoms with van der Waals surface area (Å²) in [6.45, 7) is 0. The molecule has 0 heterocycles. The Bertz CT molecular complexity index is 609. The van der Waals surface area contributed by atoms with Crippen LogP contribution in [0.15, 0.2) is 65.3 Å². The maximum Gasteiger partial charge on any atom is 0.0246 e. The maximum atomic E-state index is 2.36. The molecule has 0 fully saturated rings. The molecule has 0 amide bonds. The van der Waals surface area contributed by atoms with Crippen LogP contribution >= 0.6 is 0 Å². The van der Waals surface area contributed by atoms with Crippen LogP contribution in [-0.4, -0.2) is 0 Å². The van der Waals surface area contributed by atoms with E-state index in [0.717, 1.165) is 0 Å². The number of rotatable bonds is 1. The van der Waals surface area contributed by atoms with Crippen molar-refractivity contribution >= 4 is 6.08 Å². The van der Waals surface area contributed by atoms with Crippen LogP contribution in [0.4, 0.5) is 0 Å². The lowest BCUT2D eigenvalue weighted by Crippen LogP contribution is -1.97. The summed E-state index contributed by atoms with van der Waals surface area (Å²) in [7, 11) is 0. The first-order chi connectivity index (χ1) is 8.43. The van der Waals surface area contributed by atoms with Crippen molar-refractivity contribution in [2.45, 2.75) is 18.8 Å². The first kappa shape index (κ1) is 9.23. The minimum atomic E-state index is 0.523. The van der Waals surface area contributed by atoms with Gasteiger partial charge in [0, 0.05) is 5.92 Å². The molecule has 82 valence electrons. The second kappa shape index (κ2) is 3.33. The lowest BCUT2D eigenvalue weighted by molar-refractivity contribution is 0.900. The Balaban J connectivity index is 1.84. The van der Waals surface area contributed by atoms with Gasteiger partial charge < -0.3 is 0 Å². The molecular weight excluding hydrogens is 204 g/mol. The van der Waals surface area contributed by atoms with E-state index in [1.165, 1.54) is 35.1 Å². The summed E-state index contributed by atoms with van der Waals surface area (Å²) in [5, 5.41) is 0. The van der Waals surface area contributed by atoms with Crippen molar-refractivity contribution < 1.29 is 0 Å². The van der Waals surface area contributed by atoms with E-state index >= 15 is 0 Å². The third-order valence-electron chi connectivity index (χ3n) is 4.09. The molecule has 3 aliphatic rings. The molecule has 0 bridgehead atoms. The number of hydrogen-bond acceptors (Lipinski definition) is 0. The van der Waals surface area contributed by atoms with E-state index in [4.69, 9.17) is 0 Å². The van der Waals surface area contributed by atoms with Gasteiger partial charge in [0.1, 0.15) is 0 Å². The van der Waals surface area contributed by atoms with Gasteiger partial charge in [-0.25, -0.2) is 0 Å². The van der Waals surface area contributed by atoms with Crippen molar-refractivity contribution in [1.29, 1.82) is 0 Å². The highest BCUT2D eigenvalue weighted by molar-refractivity contribution is 5.68. The Kier molecular flexibility index (Phi) is 1.81. The van der Waals surface area contributed by atoms with Crippen LogP contribution in [0.3, 0.4) is 0 Å². The second-order valence-electron chi connectivity index (χ2n) is 4.96. The Morgan fingerprint density at radius 1 is 1.00 bits per heavy atom. The van der Waals surface area contributed by atoms with Crippen molar-refractivity contribution in [1.82, 2.24) is 0 Å². The van der Waals surface area contributed by atoms with E-state index in [1.807, 2.05) is 0 Å². The highest BCUT2D eigenvalue weighted by Gasteiger charge is 2.28. The monoisotopic (exact) mass is 218 g/mol. The zero-order valence-electron chi connectivity index (χ0n) is 9.69. The highest BCUT2D eigenvalue weighted by Crippen LogP contribution is 2.45. The molecular formula is C17H14. The van der Waals surface area contributed by atoms with Gasteiger partial charge in [0.25, 0.3) is 0 Å². The Labute approximate surface area is 102 Å². The van der Waals surface area contributed by atoms with Gasteiger partial charge >= 0.3 is 0 Å². The van der Waals surface area contributed by atoms with Gasteiger partial charge in [0.05, 0.1) is 0 Å². The SMILES string of the molecule is C1=CC2=C(C3C=Cc4ccccc43)CCC2=C1. The molecule has 1 atom stereocenters. The molecule has 0 nitrogen and oxygen atoms in total. The predicted octanol–water partition coefficient (Wildman–Crippen LogP) is 4.38. The molecule has 0 heteroatoms. The van der Waals surface area contributed by atoms with Gasteiger partial charge in [-0.15, -0.1) is 0 Å². The van der Waals surface area contributed by atoms with Crippen LogP contribution in [0.5, 0.6) is 0 Å². The largest absolute Gasteiger partial charge is 0.0723 e. The summed E-state index contributed by atoms with van der Waals surface area (Å²) in [4.78, 5) is 0. The summed E-state index contributed by atoms with van der Waals surface area (Å²) in [6, 6.07) is 8.76. The maximum absolute atomic E-state index is 2.36. The fourth-order valence-electron chi connectivity index (χ4n) is 3.27. The first-order valence-electron chi connectivity index (χ1n) is 6.31. The Morgan fingerprint density at radius 2 is 1.94 bits per heavy atom. The van der Waals surface area contributed by atoms with Crippen molar-refractivity contribution in [3.63, 3.8) is 0 Å². The lowest BCUT2D eigenvalue weighted by atomic mass is 9.90. The molecule has 3 aliphatic carbocycles. The second-order valence-corrected chi connectivity index (χ2v) is 4.96. The van der Waals surface area contributed by atoms with Crippen LogP contribution in [-0.2, 0) is 0 Å². The minimum absolute atomic E-state index is 0.523. The van der Waals surface area contributed by atoms with Crippen LogP contribution in [0.2, 0.25) is 0 Å². The first-order valence-corrected chi connectivity index (χ1v) is 6.31.